The van der Waals surface area contributed by atoms with Crippen molar-refractivity contribution in [2.75, 3.05) is 0 Å². The van der Waals surface area contributed by atoms with Crippen LogP contribution in [0.15, 0.2) is 22.6 Å². The first-order chi connectivity index (χ1) is 7.08. The Bertz CT molecular complexity index is 465. The second-order valence-corrected chi connectivity index (χ2v) is 4.11. The van der Waals surface area contributed by atoms with Crippen molar-refractivity contribution in [3.63, 3.8) is 0 Å². The summed E-state index contributed by atoms with van der Waals surface area (Å²) in [4.78, 5) is 4.38. The molecule has 1 N–H and O–H groups in total. The van der Waals surface area contributed by atoms with Crippen LogP contribution in [0.3, 0.4) is 0 Å². The Balaban J connectivity index is 2.52. The molecule has 15 heavy (non-hydrogen) atoms. The highest BCUT2D eigenvalue weighted by Gasteiger charge is 2.10. The van der Waals surface area contributed by atoms with E-state index in [0.717, 1.165) is 22.6 Å². The number of aliphatic hydroxyl groups is 1. The maximum absolute atomic E-state index is 9.44. The minimum absolute atomic E-state index is 0.285. The zero-order chi connectivity index (χ0) is 11.0. The molecule has 0 amide bonds. The number of aliphatic hydroxyl groups excluding tert-OH is 1. The fraction of sp³-hybridized carbons (Fsp3) is 0.417. The van der Waals surface area contributed by atoms with Gasteiger partial charge >= 0.3 is 0 Å². The molecule has 0 spiro atoms. The minimum atomic E-state index is -0.464. The molecule has 80 valence electrons. The van der Waals surface area contributed by atoms with Crippen molar-refractivity contribution in [1.82, 2.24) is 4.98 Å². The molecule has 0 radical (unpaired) electrons. The lowest BCUT2D eigenvalue weighted by atomic mass is 10.1. The summed E-state index contributed by atoms with van der Waals surface area (Å²) in [5.41, 5.74) is 2.46. The predicted octanol–water partition coefficient (Wildman–Crippen LogP) is 3.00. The average Bonchev–Trinajstić information content (AvgIpc) is 2.59. The van der Waals surface area contributed by atoms with Gasteiger partial charge in [0.25, 0.3) is 0 Å². The lowest BCUT2D eigenvalue weighted by Crippen LogP contribution is -1.89. The van der Waals surface area contributed by atoms with Crippen LogP contribution in [0.2, 0.25) is 0 Å². The van der Waals surface area contributed by atoms with Crippen molar-refractivity contribution < 1.29 is 9.52 Å². The maximum atomic E-state index is 9.44. The summed E-state index contributed by atoms with van der Waals surface area (Å²) in [5.74, 6) is 1.03. The molecule has 2 aromatic rings. The van der Waals surface area contributed by atoms with E-state index in [2.05, 4.69) is 4.98 Å². The van der Waals surface area contributed by atoms with E-state index in [-0.39, 0.29) is 5.92 Å². The number of benzene rings is 1. The molecule has 1 atom stereocenters. The van der Waals surface area contributed by atoms with Crippen LogP contribution in [0.5, 0.6) is 0 Å². The standard InChI is InChI=1S/C12H15NO2/c1-7(2)12-13-10-6-9(8(3)14)4-5-11(10)15-12/h4-8,14H,1-3H3. The van der Waals surface area contributed by atoms with Gasteiger partial charge in [0.1, 0.15) is 5.52 Å². The smallest absolute Gasteiger partial charge is 0.198 e. The van der Waals surface area contributed by atoms with Crippen molar-refractivity contribution >= 4 is 11.1 Å². The van der Waals surface area contributed by atoms with E-state index < -0.39 is 6.10 Å². The summed E-state index contributed by atoms with van der Waals surface area (Å²) in [5, 5.41) is 9.44. The molecular formula is C12H15NO2. The van der Waals surface area contributed by atoms with Crippen molar-refractivity contribution in [2.24, 2.45) is 0 Å². The second kappa shape index (κ2) is 3.66. The summed E-state index contributed by atoms with van der Waals surface area (Å²) in [6.45, 7) is 5.82. The molecular weight excluding hydrogens is 190 g/mol. The van der Waals surface area contributed by atoms with Gasteiger partial charge in [-0.1, -0.05) is 19.9 Å². The van der Waals surface area contributed by atoms with Crippen molar-refractivity contribution in [3.05, 3.63) is 29.7 Å². The fourth-order valence-electron chi connectivity index (χ4n) is 1.47. The van der Waals surface area contributed by atoms with Gasteiger partial charge in [-0.25, -0.2) is 4.98 Å². The zero-order valence-electron chi connectivity index (χ0n) is 9.19. The van der Waals surface area contributed by atoms with Crippen LogP contribution < -0.4 is 0 Å². The molecule has 0 aliphatic rings. The number of hydrogen-bond donors (Lipinski definition) is 1. The number of aromatic nitrogens is 1. The van der Waals surface area contributed by atoms with Gasteiger partial charge in [-0.3, -0.25) is 0 Å². The third-order valence-electron chi connectivity index (χ3n) is 2.40. The second-order valence-electron chi connectivity index (χ2n) is 4.11. The van der Waals surface area contributed by atoms with Crippen molar-refractivity contribution in [3.8, 4) is 0 Å². The highest BCUT2D eigenvalue weighted by molar-refractivity contribution is 5.73. The Labute approximate surface area is 88.7 Å². The Morgan fingerprint density at radius 1 is 1.27 bits per heavy atom. The van der Waals surface area contributed by atoms with Gasteiger partial charge in [0.15, 0.2) is 11.5 Å². The molecule has 0 bridgehead atoms. The largest absolute Gasteiger partial charge is 0.440 e. The van der Waals surface area contributed by atoms with Gasteiger partial charge in [0.05, 0.1) is 6.10 Å². The summed E-state index contributed by atoms with van der Waals surface area (Å²) in [6.07, 6.45) is -0.464. The highest BCUT2D eigenvalue weighted by atomic mass is 16.3. The molecule has 0 saturated heterocycles. The third kappa shape index (κ3) is 1.88. The van der Waals surface area contributed by atoms with E-state index in [1.54, 1.807) is 6.92 Å². The molecule has 0 saturated carbocycles. The normalized spacial score (nSPS) is 13.7. The Morgan fingerprint density at radius 2 is 2.00 bits per heavy atom. The monoisotopic (exact) mass is 205 g/mol. The minimum Gasteiger partial charge on any atom is -0.440 e. The van der Waals surface area contributed by atoms with Crippen LogP contribution in [0.25, 0.3) is 11.1 Å². The van der Waals surface area contributed by atoms with Crippen molar-refractivity contribution in [1.29, 1.82) is 0 Å². The van der Waals surface area contributed by atoms with Crippen LogP contribution in [0.4, 0.5) is 0 Å². The van der Waals surface area contributed by atoms with E-state index in [0.29, 0.717) is 0 Å². The summed E-state index contributed by atoms with van der Waals surface area (Å²) in [7, 11) is 0. The molecule has 1 unspecified atom stereocenters. The molecule has 3 heteroatoms. The third-order valence-corrected chi connectivity index (χ3v) is 2.40. The fourth-order valence-corrected chi connectivity index (χ4v) is 1.47. The molecule has 1 aromatic heterocycles. The first-order valence-electron chi connectivity index (χ1n) is 5.16. The van der Waals surface area contributed by atoms with E-state index >= 15 is 0 Å². The zero-order valence-corrected chi connectivity index (χ0v) is 9.19. The SMILES string of the molecule is CC(C)c1nc2cc(C(C)O)ccc2o1. The molecule has 0 fully saturated rings. The van der Waals surface area contributed by atoms with Gasteiger partial charge in [-0.15, -0.1) is 0 Å². The topological polar surface area (TPSA) is 46.3 Å². The Hall–Kier alpha value is -1.35. The van der Waals surface area contributed by atoms with Gasteiger partial charge in [0.2, 0.25) is 0 Å². The summed E-state index contributed by atoms with van der Waals surface area (Å²) < 4.78 is 5.57. The first-order valence-corrected chi connectivity index (χ1v) is 5.16. The number of oxazole rings is 1. The highest BCUT2D eigenvalue weighted by Crippen LogP contribution is 2.23. The average molecular weight is 205 g/mol. The van der Waals surface area contributed by atoms with Crippen molar-refractivity contribution in [2.45, 2.75) is 32.8 Å². The molecule has 3 nitrogen and oxygen atoms in total. The summed E-state index contributed by atoms with van der Waals surface area (Å²) >= 11 is 0. The van der Waals surface area contributed by atoms with Crippen LogP contribution in [-0.4, -0.2) is 10.1 Å². The van der Waals surface area contributed by atoms with Gasteiger partial charge in [0, 0.05) is 5.92 Å². The Kier molecular flexibility index (Phi) is 2.49. The molecule has 1 aromatic carbocycles. The lowest BCUT2D eigenvalue weighted by Gasteiger charge is -2.01. The maximum Gasteiger partial charge on any atom is 0.198 e. The Morgan fingerprint density at radius 3 is 2.60 bits per heavy atom. The number of nitrogens with zero attached hydrogens (tertiary/aromatic N) is 1. The summed E-state index contributed by atoms with van der Waals surface area (Å²) in [6, 6.07) is 5.59. The number of fused-ring (bicyclic) bond motifs is 1. The van der Waals surface area contributed by atoms with Crippen LogP contribution in [-0.2, 0) is 0 Å². The van der Waals surface area contributed by atoms with Crippen LogP contribution in [0.1, 0.15) is 44.2 Å². The molecule has 1 heterocycles. The van der Waals surface area contributed by atoms with E-state index in [9.17, 15) is 5.11 Å². The number of rotatable bonds is 2. The first kappa shape index (κ1) is 10.2. The van der Waals surface area contributed by atoms with Crippen LogP contribution >= 0.6 is 0 Å². The van der Waals surface area contributed by atoms with E-state index in [4.69, 9.17) is 4.42 Å². The molecule has 0 aliphatic heterocycles. The van der Waals surface area contributed by atoms with E-state index in [1.807, 2.05) is 32.0 Å². The molecule has 0 aliphatic carbocycles. The number of hydrogen-bond acceptors (Lipinski definition) is 3. The van der Waals surface area contributed by atoms with Gasteiger partial charge in [-0.05, 0) is 24.6 Å². The quantitative estimate of drug-likeness (QED) is 0.819. The van der Waals surface area contributed by atoms with E-state index in [1.165, 1.54) is 0 Å². The lowest BCUT2D eigenvalue weighted by molar-refractivity contribution is 0.199. The van der Waals surface area contributed by atoms with Crippen LogP contribution in [0, 0.1) is 0 Å². The van der Waals surface area contributed by atoms with Gasteiger partial charge < -0.3 is 9.52 Å². The van der Waals surface area contributed by atoms with Gasteiger partial charge in [-0.2, -0.15) is 0 Å². The molecule has 2 rings (SSSR count). The predicted molar refractivity (Wildman–Crippen MR) is 58.7 cm³/mol.